The molecule has 154 valence electrons. The molecule has 0 fully saturated rings. The van der Waals surface area contributed by atoms with E-state index in [2.05, 4.69) is 11.4 Å². The van der Waals surface area contributed by atoms with Crippen molar-refractivity contribution in [2.75, 3.05) is 26.1 Å². The van der Waals surface area contributed by atoms with Gasteiger partial charge in [-0.25, -0.2) is 0 Å². The number of carbonyl (C=O) groups is 2. The summed E-state index contributed by atoms with van der Waals surface area (Å²) in [6.07, 6.45) is 2.20. The molecule has 7 nitrogen and oxygen atoms in total. The molecule has 2 heterocycles. The second-order valence-corrected chi connectivity index (χ2v) is 6.93. The van der Waals surface area contributed by atoms with Crippen LogP contribution in [0.25, 0.3) is 0 Å². The maximum absolute atomic E-state index is 13.4. The first kappa shape index (κ1) is 19.6. The van der Waals surface area contributed by atoms with Crippen LogP contribution in [0.1, 0.15) is 32.0 Å². The van der Waals surface area contributed by atoms with Crippen molar-refractivity contribution in [3.8, 4) is 11.5 Å². The van der Waals surface area contributed by atoms with Crippen LogP contribution in [0.4, 0.5) is 5.69 Å². The van der Waals surface area contributed by atoms with Gasteiger partial charge in [0.15, 0.2) is 17.3 Å². The highest BCUT2D eigenvalue weighted by molar-refractivity contribution is 6.08. The summed E-state index contributed by atoms with van der Waals surface area (Å²) in [7, 11) is 3.00. The van der Waals surface area contributed by atoms with Crippen LogP contribution in [-0.4, -0.2) is 37.5 Å². The molecule has 0 saturated heterocycles. The van der Waals surface area contributed by atoms with E-state index in [9.17, 15) is 9.59 Å². The van der Waals surface area contributed by atoms with Gasteiger partial charge in [-0.15, -0.1) is 0 Å². The van der Waals surface area contributed by atoms with E-state index in [4.69, 9.17) is 13.9 Å². The molecule has 30 heavy (non-hydrogen) atoms. The highest BCUT2D eigenvalue weighted by atomic mass is 16.5. The minimum absolute atomic E-state index is 0.148. The molecule has 0 spiro atoms. The largest absolute Gasteiger partial charge is 0.493 e. The van der Waals surface area contributed by atoms with Gasteiger partial charge in [-0.3, -0.25) is 9.59 Å². The number of amides is 2. The number of hydrogen-bond acceptors (Lipinski definition) is 5. The van der Waals surface area contributed by atoms with Gasteiger partial charge >= 0.3 is 0 Å². The number of hydrogen-bond donors (Lipinski definition) is 1. The molecule has 2 aromatic carbocycles. The Morgan fingerprint density at radius 1 is 1.00 bits per heavy atom. The lowest BCUT2D eigenvalue weighted by Gasteiger charge is -2.29. The predicted octanol–water partition coefficient (Wildman–Crippen LogP) is 3.75. The Morgan fingerprint density at radius 2 is 1.73 bits per heavy atom. The molecule has 1 N–H and O–H groups in total. The van der Waals surface area contributed by atoms with Crippen molar-refractivity contribution in [3.05, 3.63) is 77.2 Å². The van der Waals surface area contributed by atoms with Gasteiger partial charge in [0, 0.05) is 19.2 Å². The topological polar surface area (TPSA) is 81.0 Å². The summed E-state index contributed by atoms with van der Waals surface area (Å²) in [6, 6.07) is 14.5. The van der Waals surface area contributed by atoms with Crippen molar-refractivity contribution in [3.63, 3.8) is 0 Å². The van der Waals surface area contributed by atoms with Gasteiger partial charge in [0.25, 0.3) is 11.8 Å². The fourth-order valence-corrected chi connectivity index (χ4v) is 3.59. The molecule has 0 saturated carbocycles. The molecule has 1 aliphatic heterocycles. The summed E-state index contributed by atoms with van der Waals surface area (Å²) in [6.45, 7) is 1.10. The predicted molar refractivity (Wildman–Crippen MR) is 111 cm³/mol. The van der Waals surface area contributed by atoms with Crippen LogP contribution in [0, 0.1) is 0 Å². The second-order valence-electron chi connectivity index (χ2n) is 6.93. The molecule has 4 rings (SSSR count). The molecule has 0 atom stereocenters. The minimum atomic E-state index is -0.453. The molecular weight excluding hydrogens is 384 g/mol. The highest BCUT2D eigenvalue weighted by Gasteiger charge is 2.26. The Labute approximate surface area is 174 Å². The standard InChI is InChI=1S/C23H22N2O5/c1-28-20-12-17(23(27)25-10-9-15-6-3-4-7-16(15)14-25)18(13-21(20)29-2)24-22(26)19-8-5-11-30-19/h3-8,11-13H,9-10,14H2,1-2H3,(H,24,26). The van der Waals surface area contributed by atoms with Crippen LogP contribution >= 0.6 is 0 Å². The Kier molecular flexibility index (Phi) is 5.43. The van der Waals surface area contributed by atoms with E-state index in [1.54, 1.807) is 29.2 Å². The number of rotatable bonds is 5. The Balaban J connectivity index is 1.68. The highest BCUT2D eigenvalue weighted by Crippen LogP contribution is 2.35. The molecule has 1 aromatic heterocycles. The number of furan rings is 1. The van der Waals surface area contributed by atoms with Crippen LogP contribution in [0.3, 0.4) is 0 Å². The van der Waals surface area contributed by atoms with Gasteiger partial charge < -0.3 is 24.1 Å². The number of carbonyl (C=O) groups excluding carboxylic acids is 2. The number of ether oxygens (including phenoxy) is 2. The van der Waals surface area contributed by atoms with Crippen molar-refractivity contribution >= 4 is 17.5 Å². The molecular formula is C23H22N2O5. The number of nitrogens with zero attached hydrogens (tertiary/aromatic N) is 1. The average Bonchev–Trinajstić information content (AvgIpc) is 3.33. The molecule has 0 radical (unpaired) electrons. The zero-order chi connectivity index (χ0) is 21.1. The maximum atomic E-state index is 13.4. The van der Waals surface area contributed by atoms with E-state index < -0.39 is 5.91 Å². The van der Waals surface area contributed by atoms with Gasteiger partial charge in [-0.2, -0.15) is 0 Å². The average molecular weight is 406 g/mol. The van der Waals surface area contributed by atoms with Crippen LogP contribution in [0.5, 0.6) is 11.5 Å². The van der Waals surface area contributed by atoms with Gasteiger partial charge in [0.1, 0.15) is 0 Å². The van der Waals surface area contributed by atoms with Crippen molar-refractivity contribution in [2.45, 2.75) is 13.0 Å². The molecule has 2 amide bonds. The van der Waals surface area contributed by atoms with Crippen molar-refractivity contribution in [2.24, 2.45) is 0 Å². The molecule has 3 aromatic rings. The summed E-state index contributed by atoms with van der Waals surface area (Å²) in [5, 5.41) is 2.76. The smallest absolute Gasteiger partial charge is 0.291 e. The SMILES string of the molecule is COc1cc(NC(=O)c2ccco2)c(C(=O)N2CCc3ccccc3C2)cc1OC. The summed E-state index contributed by atoms with van der Waals surface area (Å²) >= 11 is 0. The number of nitrogens with one attached hydrogen (secondary N) is 1. The third-order valence-electron chi connectivity index (χ3n) is 5.17. The first-order valence-corrected chi connectivity index (χ1v) is 9.57. The monoisotopic (exact) mass is 406 g/mol. The number of methoxy groups -OCH3 is 2. The zero-order valence-corrected chi connectivity index (χ0v) is 16.8. The lowest BCUT2D eigenvalue weighted by molar-refractivity contribution is 0.0735. The number of fused-ring (bicyclic) bond motifs is 1. The number of benzene rings is 2. The second kappa shape index (κ2) is 8.32. The van der Waals surface area contributed by atoms with E-state index in [0.717, 1.165) is 12.0 Å². The summed E-state index contributed by atoms with van der Waals surface area (Å²) in [5.41, 5.74) is 3.03. The van der Waals surface area contributed by atoms with Gasteiger partial charge in [0.05, 0.1) is 31.7 Å². The fraction of sp³-hybridized carbons (Fsp3) is 0.217. The summed E-state index contributed by atoms with van der Waals surface area (Å²) in [4.78, 5) is 27.7. The Hall–Kier alpha value is -3.74. The molecule has 7 heteroatoms. The third kappa shape index (κ3) is 3.74. The molecule has 1 aliphatic rings. The van der Waals surface area contributed by atoms with Gasteiger partial charge in [0.2, 0.25) is 0 Å². The van der Waals surface area contributed by atoms with Crippen LogP contribution < -0.4 is 14.8 Å². The first-order valence-electron chi connectivity index (χ1n) is 9.57. The Morgan fingerprint density at radius 3 is 2.43 bits per heavy atom. The quantitative estimate of drug-likeness (QED) is 0.698. The van der Waals surface area contributed by atoms with Gasteiger partial charge in [-0.1, -0.05) is 24.3 Å². The van der Waals surface area contributed by atoms with Gasteiger partial charge in [-0.05, 0) is 35.7 Å². The van der Waals surface area contributed by atoms with Crippen molar-refractivity contribution in [1.82, 2.24) is 4.90 Å². The summed E-state index contributed by atoms with van der Waals surface area (Å²) in [5.74, 6) is 0.322. The summed E-state index contributed by atoms with van der Waals surface area (Å²) < 4.78 is 15.9. The first-order chi connectivity index (χ1) is 14.6. The normalized spacial score (nSPS) is 12.8. The lowest BCUT2D eigenvalue weighted by atomic mass is 9.99. The van der Waals surface area contributed by atoms with E-state index >= 15 is 0 Å². The van der Waals surface area contributed by atoms with E-state index in [1.165, 1.54) is 26.0 Å². The van der Waals surface area contributed by atoms with Crippen LogP contribution in [0.15, 0.2) is 59.2 Å². The van der Waals surface area contributed by atoms with Crippen LogP contribution in [0.2, 0.25) is 0 Å². The molecule has 0 aliphatic carbocycles. The molecule has 0 bridgehead atoms. The van der Waals surface area contributed by atoms with Crippen molar-refractivity contribution in [1.29, 1.82) is 0 Å². The fourth-order valence-electron chi connectivity index (χ4n) is 3.59. The minimum Gasteiger partial charge on any atom is -0.493 e. The van der Waals surface area contributed by atoms with Crippen molar-refractivity contribution < 1.29 is 23.5 Å². The van der Waals surface area contributed by atoms with E-state index in [-0.39, 0.29) is 11.7 Å². The third-order valence-corrected chi connectivity index (χ3v) is 5.17. The van der Waals surface area contributed by atoms with Crippen LogP contribution in [-0.2, 0) is 13.0 Å². The van der Waals surface area contributed by atoms with E-state index in [0.29, 0.717) is 35.8 Å². The lowest BCUT2D eigenvalue weighted by Crippen LogP contribution is -2.36. The zero-order valence-electron chi connectivity index (χ0n) is 16.8. The number of anilines is 1. The Bertz CT molecular complexity index is 1080. The molecule has 0 unspecified atom stereocenters. The maximum Gasteiger partial charge on any atom is 0.291 e. The van der Waals surface area contributed by atoms with E-state index in [1.807, 2.05) is 18.2 Å².